The van der Waals surface area contributed by atoms with E-state index >= 15 is 0 Å². The lowest BCUT2D eigenvalue weighted by Crippen LogP contribution is -2.15. The number of carbonyl (C=O) groups excluding carboxylic acids is 2. The third-order valence-corrected chi connectivity index (χ3v) is 3.84. The Hall–Kier alpha value is -3.49. The molecule has 0 saturated carbocycles. The predicted molar refractivity (Wildman–Crippen MR) is 94.4 cm³/mol. The largest absolute Gasteiger partial charge is 0.493 e. The lowest BCUT2D eigenvalue weighted by Gasteiger charge is -2.09. The van der Waals surface area contributed by atoms with Gasteiger partial charge >= 0.3 is 5.97 Å². The molecule has 3 rings (SSSR count). The molecular formula is C18H18N4O5. The number of carbonyl (C=O) groups is 2. The Morgan fingerprint density at radius 2 is 1.78 bits per heavy atom. The lowest BCUT2D eigenvalue weighted by molar-refractivity contribution is 0.0463. The van der Waals surface area contributed by atoms with E-state index < -0.39 is 18.4 Å². The summed E-state index contributed by atoms with van der Waals surface area (Å²) in [4.78, 5) is 32.7. The van der Waals surface area contributed by atoms with E-state index in [1.165, 1.54) is 24.8 Å². The number of ketones is 1. The highest BCUT2D eigenvalue weighted by molar-refractivity contribution is 5.99. The van der Waals surface area contributed by atoms with Crippen molar-refractivity contribution in [3.63, 3.8) is 0 Å². The average molecular weight is 370 g/mol. The molecule has 3 aromatic rings. The summed E-state index contributed by atoms with van der Waals surface area (Å²) in [5, 5.41) is 4.07. The molecule has 2 heterocycles. The number of hydrogen-bond acceptors (Lipinski definition) is 8. The summed E-state index contributed by atoms with van der Waals surface area (Å²) in [6.07, 6.45) is 0. The maximum Gasteiger partial charge on any atom is 0.378 e. The fourth-order valence-corrected chi connectivity index (χ4v) is 2.54. The van der Waals surface area contributed by atoms with Gasteiger partial charge in [0.25, 0.3) is 11.6 Å². The topological polar surface area (TPSA) is 105 Å². The molecule has 0 atom stereocenters. The number of nitrogens with zero attached hydrogens (tertiary/aromatic N) is 4. The van der Waals surface area contributed by atoms with Crippen LogP contribution in [0.2, 0.25) is 0 Å². The highest BCUT2D eigenvalue weighted by atomic mass is 16.5. The first-order chi connectivity index (χ1) is 12.9. The Labute approximate surface area is 154 Å². The molecule has 0 radical (unpaired) electrons. The second-order valence-corrected chi connectivity index (χ2v) is 5.76. The Bertz CT molecular complexity index is 1030. The standard InChI is InChI=1S/C18H18N4O5/c1-10-7-11(2)22-18(19-10)20-16(21-22)17(24)27-9-13(23)12-5-6-14(25-3)15(8-12)26-4/h5-8H,9H2,1-4H3. The molecule has 0 aliphatic rings. The minimum absolute atomic E-state index is 0.156. The molecule has 2 aromatic heterocycles. The summed E-state index contributed by atoms with van der Waals surface area (Å²) >= 11 is 0. The van der Waals surface area contributed by atoms with E-state index in [1.807, 2.05) is 19.9 Å². The van der Waals surface area contributed by atoms with E-state index in [1.54, 1.807) is 12.1 Å². The normalized spacial score (nSPS) is 10.7. The molecule has 140 valence electrons. The molecule has 9 heteroatoms. The molecule has 0 bridgehead atoms. The van der Waals surface area contributed by atoms with Crippen LogP contribution >= 0.6 is 0 Å². The number of rotatable bonds is 6. The Balaban J connectivity index is 1.72. The summed E-state index contributed by atoms with van der Waals surface area (Å²) < 4.78 is 16.8. The molecular weight excluding hydrogens is 352 g/mol. The first-order valence-electron chi connectivity index (χ1n) is 8.06. The molecule has 9 nitrogen and oxygen atoms in total. The van der Waals surface area contributed by atoms with E-state index in [0.29, 0.717) is 22.8 Å². The van der Waals surface area contributed by atoms with E-state index in [-0.39, 0.29) is 5.82 Å². The van der Waals surface area contributed by atoms with Gasteiger partial charge in [0, 0.05) is 17.0 Å². The summed E-state index contributed by atoms with van der Waals surface area (Å²) in [5.41, 5.74) is 1.87. The maximum absolute atomic E-state index is 12.3. The molecule has 0 fully saturated rings. The van der Waals surface area contributed by atoms with Crippen molar-refractivity contribution < 1.29 is 23.8 Å². The molecule has 0 aliphatic heterocycles. The number of methoxy groups -OCH3 is 2. The molecule has 0 amide bonds. The van der Waals surface area contributed by atoms with Crippen LogP contribution in [0.4, 0.5) is 0 Å². The number of Topliss-reactive ketones (excluding diaryl/α,β-unsaturated/α-hetero) is 1. The monoisotopic (exact) mass is 370 g/mol. The SMILES string of the molecule is COc1ccc(C(=O)COC(=O)c2nc3nc(C)cc(C)n3n2)cc1OC. The van der Waals surface area contributed by atoms with E-state index in [0.717, 1.165) is 11.4 Å². The zero-order valence-corrected chi connectivity index (χ0v) is 15.3. The van der Waals surface area contributed by atoms with Gasteiger partial charge < -0.3 is 14.2 Å². The molecule has 27 heavy (non-hydrogen) atoms. The van der Waals surface area contributed by atoms with Crippen LogP contribution in [0.25, 0.3) is 5.78 Å². The minimum atomic E-state index is -0.800. The zero-order valence-electron chi connectivity index (χ0n) is 15.3. The summed E-state index contributed by atoms with van der Waals surface area (Å²) in [7, 11) is 2.97. The minimum Gasteiger partial charge on any atom is -0.493 e. The number of aromatic nitrogens is 4. The van der Waals surface area contributed by atoms with Crippen molar-refractivity contribution in [1.82, 2.24) is 19.6 Å². The number of esters is 1. The van der Waals surface area contributed by atoms with Crippen LogP contribution in [0, 0.1) is 13.8 Å². The molecule has 0 N–H and O–H groups in total. The summed E-state index contributed by atoms with van der Waals surface area (Å²) in [6.45, 7) is 3.20. The van der Waals surface area contributed by atoms with Crippen LogP contribution in [-0.2, 0) is 4.74 Å². The molecule has 0 aliphatic carbocycles. The van der Waals surface area contributed by atoms with Crippen LogP contribution in [0.15, 0.2) is 24.3 Å². The van der Waals surface area contributed by atoms with Gasteiger partial charge in [0.05, 0.1) is 14.2 Å². The first kappa shape index (κ1) is 18.3. The van der Waals surface area contributed by atoms with Crippen LogP contribution in [0.5, 0.6) is 11.5 Å². The second kappa shape index (κ2) is 7.40. The van der Waals surface area contributed by atoms with Gasteiger partial charge in [0.1, 0.15) is 0 Å². The van der Waals surface area contributed by atoms with Crippen molar-refractivity contribution in [3.05, 3.63) is 47.0 Å². The smallest absolute Gasteiger partial charge is 0.378 e. The second-order valence-electron chi connectivity index (χ2n) is 5.76. The number of aryl methyl sites for hydroxylation is 2. The van der Waals surface area contributed by atoms with Gasteiger partial charge in [-0.05, 0) is 38.1 Å². The number of benzene rings is 1. The van der Waals surface area contributed by atoms with Gasteiger partial charge in [0.2, 0.25) is 0 Å². The third-order valence-electron chi connectivity index (χ3n) is 3.84. The van der Waals surface area contributed by atoms with Gasteiger partial charge in [-0.1, -0.05) is 0 Å². The fraction of sp³-hybridized carbons (Fsp3) is 0.278. The highest BCUT2D eigenvalue weighted by Crippen LogP contribution is 2.27. The summed E-state index contributed by atoms with van der Waals surface area (Å²) in [6, 6.07) is 6.51. The summed E-state index contributed by atoms with van der Waals surface area (Å²) in [5.74, 6) is -0.140. The molecule has 0 spiro atoms. The van der Waals surface area contributed by atoms with Gasteiger partial charge in [-0.15, -0.1) is 5.10 Å². The highest BCUT2D eigenvalue weighted by Gasteiger charge is 2.19. The van der Waals surface area contributed by atoms with Crippen molar-refractivity contribution in [1.29, 1.82) is 0 Å². The van der Waals surface area contributed by atoms with Crippen LogP contribution in [0.3, 0.4) is 0 Å². The van der Waals surface area contributed by atoms with Crippen molar-refractivity contribution in [3.8, 4) is 11.5 Å². The van der Waals surface area contributed by atoms with Gasteiger partial charge in [-0.25, -0.2) is 14.3 Å². The Morgan fingerprint density at radius 1 is 1.04 bits per heavy atom. The number of fused-ring (bicyclic) bond motifs is 1. The van der Waals surface area contributed by atoms with Crippen LogP contribution in [0.1, 0.15) is 32.4 Å². The van der Waals surface area contributed by atoms with E-state index in [4.69, 9.17) is 14.2 Å². The zero-order chi connectivity index (χ0) is 19.6. The average Bonchev–Trinajstić information content (AvgIpc) is 3.09. The van der Waals surface area contributed by atoms with Crippen LogP contribution < -0.4 is 9.47 Å². The molecule has 0 unspecified atom stereocenters. The Kier molecular flexibility index (Phi) is 5.02. The molecule has 0 saturated heterocycles. The van der Waals surface area contributed by atoms with Crippen molar-refractivity contribution >= 4 is 17.5 Å². The van der Waals surface area contributed by atoms with Crippen molar-refractivity contribution in [2.75, 3.05) is 20.8 Å². The molecule has 1 aromatic carbocycles. The maximum atomic E-state index is 12.3. The van der Waals surface area contributed by atoms with E-state index in [2.05, 4.69) is 15.1 Å². The third kappa shape index (κ3) is 3.71. The predicted octanol–water partition coefficient (Wildman–Crippen LogP) is 1.80. The van der Waals surface area contributed by atoms with Gasteiger partial charge in [-0.3, -0.25) is 4.79 Å². The first-order valence-corrected chi connectivity index (χ1v) is 8.06. The van der Waals surface area contributed by atoms with Gasteiger partial charge in [0.15, 0.2) is 23.9 Å². The van der Waals surface area contributed by atoms with E-state index in [9.17, 15) is 9.59 Å². The fourth-order valence-electron chi connectivity index (χ4n) is 2.54. The quantitative estimate of drug-likeness (QED) is 0.478. The van der Waals surface area contributed by atoms with Crippen molar-refractivity contribution in [2.45, 2.75) is 13.8 Å². The number of ether oxygens (including phenoxy) is 3. The Morgan fingerprint density at radius 3 is 2.48 bits per heavy atom. The van der Waals surface area contributed by atoms with Crippen molar-refractivity contribution in [2.24, 2.45) is 0 Å². The lowest BCUT2D eigenvalue weighted by atomic mass is 10.1. The van der Waals surface area contributed by atoms with Gasteiger partial charge in [-0.2, -0.15) is 4.98 Å². The number of hydrogen-bond donors (Lipinski definition) is 0. The van der Waals surface area contributed by atoms with Crippen LogP contribution in [-0.4, -0.2) is 52.2 Å².